The number of H-pyrrole nitrogens is 1. The van der Waals surface area contributed by atoms with Crippen molar-refractivity contribution in [1.29, 1.82) is 0 Å². The van der Waals surface area contributed by atoms with Crippen molar-refractivity contribution >= 4 is 5.91 Å². The van der Waals surface area contributed by atoms with Crippen molar-refractivity contribution in [2.24, 2.45) is 5.92 Å². The molecule has 0 saturated heterocycles. The third-order valence-corrected chi connectivity index (χ3v) is 7.17. The van der Waals surface area contributed by atoms with Crippen molar-refractivity contribution in [3.63, 3.8) is 0 Å². The van der Waals surface area contributed by atoms with E-state index in [4.69, 9.17) is 14.2 Å². The summed E-state index contributed by atoms with van der Waals surface area (Å²) in [5.41, 5.74) is 5.18. The first-order valence-electron chi connectivity index (χ1n) is 13.4. The fourth-order valence-electron chi connectivity index (χ4n) is 5.02. The van der Waals surface area contributed by atoms with E-state index in [9.17, 15) is 4.79 Å². The van der Waals surface area contributed by atoms with E-state index in [1.807, 2.05) is 65.6 Å². The number of fused-ring (bicyclic) bond motifs is 1. The molecule has 5 rings (SSSR count). The molecule has 2 heterocycles. The van der Waals surface area contributed by atoms with Gasteiger partial charge in [-0.3, -0.25) is 9.89 Å². The van der Waals surface area contributed by atoms with Crippen molar-refractivity contribution in [2.75, 3.05) is 27.4 Å². The van der Waals surface area contributed by atoms with Crippen LogP contribution in [0.4, 0.5) is 0 Å². The highest BCUT2D eigenvalue weighted by atomic mass is 16.5. The molecular formula is C32H35N3O4. The van der Waals surface area contributed by atoms with Crippen LogP contribution in [-0.4, -0.2) is 48.4 Å². The lowest BCUT2D eigenvalue weighted by Gasteiger charge is -2.27. The number of aromatic nitrogens is 2. The van der Waals surface area contributed by atoms with Crippen molar-refractivity contribution in [1.82, 2.24) is 15.1 Å². The molecule has 0 fully saturated rings. The summed E-state index contributed by atoms with van der Waals surface area (Å²) in [7, 11) is 3.29. The number of hydrogen-bond donors (Lipinski definition) is 1. The van der Waals surface area contributed by atoms with Gasteiger partial charge in [0.25, 0.3) is 5.91 Å². The van der Waals surface area contributed by atoms with Crippen molar-refractivity contribution < 1.29 is 19.0 Å². The second kappa shape index (κ2) is 11.6. The van der Waals surface area contributed by atoms with Crippen molar-refractivity contribution in [2.45, 2.75) is 32.7 Å². The molecule has 202 valence electrons. The molecule has 4 aromatic rings. The molecule has 1 unspecified atom stereocenters. The molecule has 1 aliphatic heterocycles. The van der Waals surface area contributed by atoms with Gasteiger partial charge in [-0.25, -0.2) is 0 Å². The number of carbonyl (C=O) groups is 1. The average Bonchev–Trinajstić information content (AvgIpc) is 3.51. The van der Waals surface area contributed by atoms with Gasteiger partial charge >= 0.3 is 0 Å². The van der Waals surface area contributed by atoms with Gasteiger partial charge in [0, 0.05) is 17.7 Å². The number of amides is 1. The smallest absolute Gasteiger partial charge is 0.273 e. The van der Waals surface area contributed by atoms with Gasteiger partial charge in [0.05, 0.1) is 32.6 Å². The van der Waals surface area contributed by atoms with E-state index in [-0.39, 0.29) is 11.9 Å². The third kappa shape index (κ3) is 5.48. The predicted octanol–water partition coefficient (Wildman–Crippen LogP) is 6.31. The molecule has 0 aliphatic carbocycles. The second-order valence-electron chi connectivity index (χ2n) is 10.2. The molecule has 1 aromatic heterocycles. The number of hydrogen-bond acceptors (Lipinski definition) is 5. The number of nitrogens with zero attached hydrogens (tertiary/aromatic N) is 2. The summed E-state index contributed by atoms with van der Waals surface area (Å²) in [6.07, 6.45) is 1.70. The minimum atomic E-state index is -0.328. The van der Waals surface area contributed by atoms with Gasteiger partial charge in [0.15, 0.2) is 11.5 Å². The van der Waals surface area contributed by atoms with E-state index in [1.54, 1.807) is 14.2 Å². The molecule has 3 aromatic carbocycles. The van der Waals surface area contributed by atoms with Crippen LogP contribution in [0.25, 0.3) is 11.3 Å². The average molecular weight is 526 g/mol. The second-order valence-corrected chi connectivity index (χ2v) is 10.2. The Kier molecular flexibility index (Phi) is 7.87. The Bertz CT molecular complexity index is 1410. The van der Waals surface area contributed by atoms with Crippen LogP contribution in [0.3, 0.4) is 0 Å². The van der Waals surface area contributed by atoms with Gasteiger partial charge in [0.1, 0.15) is 11.4 Å². The molecule has 7 heteroatoms. The Morgan fingerprint density at radius 3 is 2.41 bits per heavy atom. The Morgan fingerprint density at radius 1 is 0.949 bits per heavy atom. The van der Waals surface area contributed by atoms with Gasteiger partial charge in [0.2, 0.25) is 0 Å². The quantitative estimate of drug-likeness (QED) is 0.248. The van der Waals surface area contributed by atoms with Crippen LogP contribution in [-0.2, 0) is 6.42 Å². The van der Waals surface area contributed by atoms with Crippen LogP contribution in [0, 0.1) is 5.92 Å². The first-order chi connectivity index (χ1) is 19.0. The molecule has 0 saturated carbocycles. The van der Waals surface area contributed by atoms with Gasteiger partial charge in [-0.15, -0.1) is 0 Å². The van der Waals surface area contributed by atoms with Crippen molar-refractivity contribution in [3.8, 4) is 28.5 Å². The summed E-state index contributed by atoms with van der Waals surface area (Å²) in [6, 6.07) is 23.6. The van der Waals surface area contributed by atoms with Gasteiger partial charge in [-0.2, -0.15) is 5.10 Å². The largest absolute Gasteiger partial charge is 0.497 e. The van der Waals surface area contributed by atoms with E-state index < -0.39 is 0 Å². The maximum absolute atomic E-state index is 13.8. The number of carbonyl (C=O) groups excluding carboxylic acids is 1. The SMILES string of the molecule is COc1ccc(-c2n[nH]c3c2C(c2ccc(OCCC(C)C)c(OC)c2)N(CCc2ccccc2)C3=O)cc1. The Balaban J connectivity index is 1.54. The van der Waals surface area contributed by atoms with Gasteiger partial charge in [-0.05, 0) is 66.3 Å². The summed E-state index contributed by atoms with van der Waals surface area (Å²) in [5.74, 6) is 2.60. The molecule has 0 bridgehead atoms. The Labute approximate surface area is 229 Å². The molecule has 0 radical (unpaired) electrons. The highest BCUT2D eigenvalue weighted by Gasteiger charge is 2.42. The molecule has 1 aliphatic rings. The molecule has 7 nitrogen and oxygen atoms in total. The number of ether oxygens (including phenoxy) is 3. The van der Waals surface area contributed by atoms with Gasteiger partial charge in [-0.1, -0.05) is 50.2 Å². The lowest BCUT2D eigenvalue weighted by molar-refractivity contribution is 0.0745. The van der Waals surface area contributed by atoms with E-state index in [2.05, 4.69) is 36.2 Å². The highest BCUT2D eigenvalue weighted by molar-refractivity contribution is 6.00. The van der Waals surface area contributed by atoms with E-state index in [0.717, 1.165) is 41.0 Å². The summed E-state index contributed by atoms with van der Waals surface area (Å²) < 4.78 is 17.1. The minimum absolute atomic E-state index is 0.0607. The summed E-state index contributed by atoms with van der Waals surface area (Å²) >= 11 is 0. The zero-order valence-corrected chi connectivity index (χ0v) is 22.9. The lowest BCUT2D eigenvalue weighted by Crippen LogP contribution is -2.31. The number of nitrogens with one attached hydrogen (secondary N) is 1. The zero-order chi connectivity index (χ0) is 27.4. The van der Waals surface area contributed by atoms with Crippen LogP contribution >= 0.6 is 0 Å². The predicted molar refractivity (Wildman–Crippen MR) is 152 cm³/mol. The third-order valence-electron chi connectivity index (χ3n) is 7.17. The van der Waals surface area contributed by atoms with Crippen molar-refractivity contribution in [3.05, 3.63) is 95.2 Å². The molecule has 39 heavy (non-hydrogen) atoms. The van der Waals surface area contributed by atoms with Gasteiger partial charge < -0.3 is 19.1 Å². The standard InChI is InChI=1S/C32H35N3O4/c1-21(2)17-19-39-26-15-12-24(20-27(26)38-4)31-28-29(23-10-13-25(37-3)14-11-23)33-34-30(28)32(36)35(31)18-16-22-8-6-5-7-9-22/h5-15,20-21,31H,16-19H2,1-4H3,(H,33,34). The first kappa shape index (κ1) is 26.4. The summed E-state index contributed by atoms with van der Waals surface area (Å²) in [5, 5.41) is 7.63. The molecule has 0 spiro atoms. The van der Waals surface area contributed by atoms with Crippen LogP contribution in [0.15, 0.2) is 72.8 Å². The van der Waals surface area contributed by atoms with Crippen LogP contribution in [0.5, 0.6) is 17.2 Å². The minimum Gasteiger partial charge on any atom is -0.497 e. The topological polar surface area (TPSA) is 76.7 Å². The number of aromatic amines is 1. The molecule has 1 atom stereocenters. The first-order valence-corrected chi connectivity index (χ1v) is 13.4. The number of methoxy groups -OCH3 is 2. The van der Waals surface area contributed by atoms with Crippen LogP contribution in [0.2, 0.25) is 0 Å². The monoisotopic (exact) mass is 525 g/mol. The Morgan fingerprint density at radius 2 is 1.72 bits per heavy atom. The fraction of sp³-hybridized carbons (Fsp3) is 0.312. The maximum Gasteiger partial charge on any atom is 0.273 e. The Hall–Kier alpha value is -4.26. The highest BCUT2D eigenvalue weighted by Crippen LogP contribution is 2.44. The summed E-state index contributed by atoms with van der Waals surface area (Å²) in [6.45, 7) is 5.53. The van der Waals surface area contributed by atoms with Crippen LogP contribution < -0.4 is 14.2 Å². The van der Waals surface area contributed by atoms with E-state index in [1.165, 1.54) is 5.56 Å². The lowest BCUT2D eigenvalue weighted by atomic mass is 9.95. The van der Waals surface area contributed by atoms with E-state index in [0.29, 0.717) is 36.3 Å². The zero-order valence-electron chi connectivity index (χ0n) is 22.9. The van der Waals surface area contributed by atoms with E-state index >= 15 is 0 Å². The molecule has 1 amide bonds. The van der Waals surface area contributed by atoms with Crippen LogP contribution in [0.1, 0.15) is 53.5 Å². The fourth-order valence-corrected chi connectivity index (χ4v) is 5.02. The molecule has 1 N–H and O–H groups in total. The normalized spacial score (nSPS) is 14.5. The summed E-state index contributed by atoms with van der Waals surface area (Å²) in [4.78, 5) is 15.7. The molecular weight excluding hydrogens is 490 g/mol. The number of rotatable bonds is 11. The maximum atomic E-state index is 13.8. The number of benzene rings is 3.